The van der Waals surface area contributed by atoms with Crippen LogP contribution in [0.15, 0.2) is 30.5 Å². The van der Waals surface area contributed by atoms with Gasteiger partial charge in [-0.05, 0) is 37.6 Å². The number of benzene rings is 1. The molecule has 0 amide bonds. The highest BCUT2D eigenvalue weighted by Crippen LogP contribution is 2.16. The number of aryl methyl sites for hydroxylation is 2. The zero-order valence-electron chi connectivity index (χ0n) is 9.14. The van der Waals surface area contributed by atoms with Crippen molar-refractivity contribution in [3.05, 3.63) is 47.3 Å². The van der Waals surface area contributed by atoms with Crippen LogP contribution in [-0.2, 0) is 0 Å². The maximum Gasteiger partial charge on any atom is 0.337 e. The molecule has 0 saturated carbocycles. The highest BCUT2D eigenvalue weighted by molar-refractivity contribution is 5.92. The van der Waals surface area contributed by atoms with E-state index in [-0.39, 0.29) is 5.56 Å². The molecule has 4 nitrogen and oxygen atoms in total. The lowest BCUT2D eigenvalue weighted by Crippen LogP contribution is -2.06. The van der Waals surface area contributed by atoms with E-state index < -0.39 is 5.97 Å². The van der Waals surface area contributed by atoms with Gasteiger partial charge in [0.25, 0.3) is 0 Å². The van der Waals surface area contributed by atoms with Crippen molar-refractivity contribution >= 4 is 5.97 Å². The first-order chi connectivity index (χ1) is 7.58. The average molecular weight is 216 g/mol. The van der Waals surface area contributed by atoms with E-state index in [0.29, 0.717) is 5.69 Å². The lowest BCUT2D eigenvalue weighted by atomic mass is 10.1. The van der Waals surface area contributed by atoms with Crippen molar-refractivity contribution in [3.63, 3.8) is 0 Å². The molecule has 0 aliphatic heterocycles. The quantitative estimate of drug-likeness (QED) is 0.837. The molecule has 0 atom stereocenters. The minimum atomic E-state index is -0.942. The topological polar surface area (TPSA) is 55.1 Å². The van der Waals surface area contributed by atoms with Gasteiger partial charge in [-0.25, -0.2) is 9.48 Å². The maximum atomic E-state index is 11.1. The summed E-state index contributed by atoms with van der Waals surface area (Å²) in [5, 5.41) is 13.3. The molecule has 0 aliphatic carbocycles. The molecule has 16 heavy (non-hydrogen) atoms. The van der Waals surface area contributed by atoms with Gasteiger partial charge in [-0.2, -0.15) is 5.10 Å². The number of carboxylic acids is 1. The first-order valence-corrected chi connectivity index (χ1v) is 4.94. The molecule has 1 heterocycles. The highest BCUT2D eigenvalue weighted by Gasteiger charge is 2.12. The molecule has 1 N–H and O–H groups in total. The molecule has 2 aromatic rings. The van der Waals surface area contributed by atoms with Crippen LogP contribution < -0.4 is 0 Å². The minimum Gasteiger partial charge on any atom is -0.478 e. The SMILES string of the molecule is Cc1ccc(C(=O)O)c(-n2ccc(C)n2)c1. The van der Waals surface area contributed by atoms with E-state index >= 15 is 0 Å². The van der Waals surface area contributed by atoms with Crippen LogP contribution in [0.1, 0.15) is 21.6 Å². The fraction of sp³-hybridized carbons (Fsp3) is 0.167. The van der Waals surface area contributed by atoms with Crippen LogP contribution in [0, 0.1) is 13.8 Å². The smallest absolute Gasteiger partial charge is 0.337 e. The first-order valence-electron chi connectivity index (χ1n) is 4.94. The lowest BCUT2D eigenvalue weighted by Gasteiger charge is -2.07. The summed E-state index contributed by atoms with van der Waals surface area (Å²) < 4.78 is 1.59. The summed E-state index contributed by atoms with van der Waals surface area (Å²) in [5.74, 6) is -0.942. The summed E-state index contributed by atoms with van der Waals surface area (Å²) in [6.45, 7) is 3.79. The van der Waals surface area contributed by atoms with Gasteiger partial charge in [0, 0.05) is 6.20 Å². The van der Waals surface area contributed by atoms with Crippen LogP contribution in [0.4, 0.5) is 0 Å². The fourth-order valence-electron chi connectivity index (χ4n) is 1.56. The summed E-state index contributed by atoms with van der Waals surface area (Å²) in [6.07, 6.45) is 1.76. The standard InChI is InChI=1S/C12H12N2O2/c1-8-3-4-10(12(15)16)11(7-8)14-6-5-9(2)13-14/h3-7H,1-2H3,(H,15,16). The molecule has 0 bridgehead atoms. The molecule has 2 rings (SSSR count). The van der Waals surface area contributed by atoms with Crippen LogP contribution in [0.5, 0.6) is 0 Å². The molecule has 0 unspecified atom stereocenters. The fourth-order valence-corrected chi connectivity index (χ4v) is 1.56. The Hall–Kier alpha value is -2.10. The number of aromatic carboxylic acids is 1. The van der Waals surface area contributed by atoms with Gasteiger partial charge in [-0.1, -0.05) is 6.07 Å². The van der Waals surface area contributed by atoms with E-state index in [1.807, 2.05) is 26.0 Å². The predicted octanol–water partition coefficient (Wildman–Crippen LogP) is 2.19. The number of nitrogens with zero attached hydrogens (tertiary/aromatic N) is 2. The molecule has 82 valence electrons. The third-order valence-corrected chi connectivity index (χ3v) is 2.35. The molecule has 0 saturated heterocycles. The molecule has 0 spiro atoms. The summed E-state index contributed by atoms with van der Waals surface area (Å²) in [7, 11) is 0. The second-order valence-electron chi connectivity index (χ2n) is 3.73. The maximum absolute atomic E-state index is 11.1. The van der Waals surface area contributed by atoms with Crippen molar-refractivity contribution in [2.75, 3.05) is 0 Å². The average Bonchev–Trinajstić information content (AvgIpc) is 2.64. The van der Waals surface area contributed by atoms with Gasteiger partial charge in [-0.15, -0.1) is 0 Å². The number of hydrogen-bond donors (Lipinski definition) is 1. The Morgan fingerprint density at radius 3 is 2.62 bits per heavy atom. The zero-order valence-corrected chi connectivity index (χ0v) is 9.14. The molecule has 1 aromatic carbocycles. The summed E-state index contributed by atoms with van der Waals surface area (Å²) >= 11 is 0. The van der Waals surface area contributed by atoms with Crippen LogP contribution in [-0.4, -0.2) is 20.9 Å². The van der Waals surface area contributed by atoms with Crippen molar-refractivity contribution in [1.29, 1.82) is 0 Å². The molecule has 1 aromatic heterocycles. The molecule has 0 fully saturated rings. The Labute approximate surface area is 93.1 Å². The number of carboxylic acid groups (broad SMARTS) is 1. The minimum absolute atomic E-state index is 0.258. The molecular weight excluding hydrogens is 204 g/mol. The third kappa shape index (κ3) is 1.82. The largest absolute Gasteiger partial charge is 0.478 e. The Morgan fingerprint density at radius 1 is 1.31 bits per heavy atom. The molecule has 0 aliphatic rings. The normalized spacial score (nSPS) is 10.4. The third-order valence-electron chi connectivity index (χ3n) is 2.35. The monoisotopic (exact) mass is 216 g/mol. The predicted molar refractivity (Wildman–Crippen MR) is 60.0 cm³/mol. The van der Waals surface area contributed by atoms with Crippen molar-refractivity contribution in [2.24, 2.45) is 0 Å². The number of rotatable bonds is 2. The Kier molecular flexibility index (Phi) is 2.48. The van der Waals surface area contributed by atoms with Crippen molar-refractivity contribution in [2.45, 2.75) is 13.8 Å². The van der Waals surface area contributed by atoms with Gasteiger partial charge in [-0.3, -0.25) is 0 Å². The van der Waals surface area contributed by atoms with Gasteiger partial charge in [0.05, 0.1) is 16.9 Å². The molecule has 4 heteroatoms. The number of carbonyl (C=O) groups is 1. The van der Waals surface area contributed by atoms with Crippen LogP contribution >= 0.6 is 0 Å². The Balaban J connectivity index is 2.62. The highest BCUT2D eigenvalue weighted by atomic mass is 16.4. The van der Waals surface area contributed by atoms with Crippen LogP contribution in [0.3, 0.4) is 0 Å². The second kappa shape index (κ2) is 3.81. The van der Waals surface area contributed by atoms with Crippen LogP contribution in [0.25, 0.3) is 5.69 Å². The van der Waals surface area contributed by atoms with Gasteiger partial charge in [0.1, 0.15) is 0 Å². The van der Waals surface area contributed by atoms with E-state index in [9.17, 15) is 4.79 Å². The van der Waals surface area contributed by atoms with E-state index in [4.69, 9.17) is 5.11 Å². The molecular formula is C12H12N2O2. The van der Waals surface area contributed by atoms with E-state index in [2.05, 4.69) is 5.10 Å². The Bertz CT molecular complexity index is 544. The van der Waals surface area contributed by atoms with Gasteiger partial charge >= 0.3 is 5.97 Å². The van der Waals surface area contributed by atoms with Gasteiger partial charge < -0.3 is 5.11 Å². The van der Waals surface area contributed by atoms with Crippen LogP contribution in [0.2, 0.25) is 0 Å². The van der Waals surface area contributed by atoms with Crippen molar-refractivity contribution in [1.82, 2.24) is 9.78 Å². The van der Waals surface area contributed by atoms with Crippen molar-refractivity contribution < 1.29 is 9.90 Å². The van der Waals surface area contributed by atoms with E-state index in [1.165, 1.54) is 0 Å². The zero-order chi connectivity index (χ0) is 11.7. The van der Waals surface area contributed by atoms with E-state index in [0.717, 1.165) is 11.3 Å². The van der Waals surface area contributed by atoms with Gasteiger partial charge in [0.15, 0.2) is 0 Å². The van der Waals surface area contributed by atoms with E-state index in [1.54, 1.807) is 23.0 Å². The summed E-state index contributed by atoms with van der Waals surface area (Å²) in [4.78, 5) is 11.1. The van der Waals surface area contributed by atoms with Crippen molar-refractivity contribution in [3.8, 4) is 5.69 Å². The molecule has 0 radical (unpaired) electrons. The second-order valence-corrected chi connectivity index (χ2v) is 3.73. The summed E-state index contributed by atoms with van der Waals surface area (Å²) in [5.41, 5.74) is 2.72. The summed E-state index contributed by atoms with van der Waals surface area (Å²) in [6, 6.07) is 7.04. The number of hydrogen-bond acceptors (Lipinski definition) is 2. The number of aromatic nitrogens is 2. The lowest BCUT2D eigenvalue weighted by molar-refractivity contribution is 0.0696. The first kappa shape index (κ1) is 10.4. The van der Waals surface area contributed by atoms with Gasteiger partial charge in [0.2, 0.25) is 0 Å². The Morgan fingerprint density at radius 2 is 2.06 bits per heavy atom.